The van der Waals surface area contributed by atoms with Crippen LogP contribution < -0.4 is 10.6 Å². The van der Waals surface area contributed by atoms with E-state index in [-0.39, 0.29) is 21.0 Å². The van der Waals surface area contributed by atoms with Crippen LogP contribution in [0, 0.1) is 0 Å². The van der Waals surface area contributed by atoms with Gasteiger partial charge >= 0.3 is 0 Å². The number of hydrogen-bond acceptors (Lipinski definition) is 3. The van der Waals surface area contributed by atoms with Crippen molar-refractivity contribution in [1.29, 1.82) is 0 Å². The lowest BCUT2D eigenvalue weighted by Gasteiger charge is -2.11. The number of amides is 1. The van der Waals surface area contributed by atoms with Crippen LogP contribution in [0.3, 0.4) is 0 Å². The molecule has 0 spiro atoms. The number of aromatic nitrogens is 1. The van der Waals surface area contributed by atoms with Crippen LogP contribution in [0.1, 0.15) is 35.7 Å². The zero-order chi connectivity index (χ0) is 17.0. The summed E-state index contributed by atoms with van der Waals surface area (Å²) in [5.74, 6) is 0.0457. The van der Waals surface area contributed by atoms with E-state index in [1.807, 2.05) is 24.3 Å². The van der Waals surface area contributed by atoms with Gasteiger partial charge in [-0.25, -0.2) is 4.98 Å². The lowest BCUT2D eigenvalue weighted by Crippen LogP contribution is -2.34. The van der Waals surface area contributed by atoms with E-state index in [2.05, 4.69) is 29.5 Å². The second kappa shape index (κ2) is 7.73. The number of carbonyl (C=O) groups excluding carboxylic acids is 1. The van der Waals surface area contributed by atoms with Gasteiger partial charge < -0.3 is 5.32 Å². The Bertz CT molecular complexity index is 712. The van der Waals surface area contributed by atoms with E-state index in [9.17, 15) is 4.79 Å². The standard InChI is InChI=1S/C16H15Cl2N3OS/c1-9(2)10-3-5-12(6-4-10)19-16(23)21-15(22)11-7-13(17)20-14(18)8-11/h3-9H,1-2H3,(H2,19,21,22,23). The molecule has 0 saturated heterocycles. The molecule has 7 heteroatoms. The summed E-state index contributed by atoms with van der Waals surface area (Å²) in [4.78, 5) is 15.9. The van der Waals surface area contributed by atoms with E-state index in [0.717, 1.165) is 5.69 Å². The van der Waals surface area contributed by atoms with Gasteiger partial charge in [-0.05, 0) is 48.0 Å². The largest absolute Gasteiger partial charge is 0.332 e. The van der Waals surface area contributed by atoms with Crippen LogP contribution in [-0.2, 0) is 0 Å². The molecule has 0 atom stereocenters. The fourth-order valence-corrected chi connectivity index (χ4v) is 2.56. The molecule has 2 N–H and O–H groups in total. The average Bonchev–Trinajstić information content (AvgIpc) is 2.46. The predicted molar refractivity (Wildman–Crippen MR) is 98.5 cm³/mol. The van der Waals surface area contributed by atoms with Crippen molar-refractivity contribution in [2.24, 2.45) is 0 Å². The molecule has 120 valence electrons. The summed E-state index contributed by atoms with van der Waals surface area (Å²) in [5, 5.41) is 6.01. The van der Waals surface area contributed by atoms with E-state index in [1.54, 1.807) is 0 Å². The Morgan fingerprint density at radius 1 is 1.13 bits per heavy atom. The minimum absolute atomic E-state index is 0.144. The Labute approximate surface area is 150 Å². The van der Waals surface area contributed by atoms with E-state index in [4.69, 9.17) is 35.4 Å². The SMILES string of the molecule is CC(C)c1ccc(NC(=S)NC(=O)c2cc(Cl)nc(Cl)c2)cc1. The van der Waals surface area contributed by atoms with E-state index >= 15 is 0 Å². The molecule has 0 bridgehead atoms. The molecular weight excluding hydrogens is 353 g/mol. The molecule has 1 amide bonds. The molecule has 0 aliphatic heterocycles. The van der Waals surface area contributed by atoms with Gasteiger partial charge in [0.2, 0.25) is 0 Å². The van der Waals surface area contributed by atoms with Crippen LogP contribution in [0.4, 0.5) is 5.69 Å². The van der Waals surface area contributed by atoms with E-state index in [1.165, 1.54) is 17.7 Å². The van der Waals surface area contributed by atoms with Crippen molar-refractivity contribution < 1.29 is 4.79 Å². The summed E-state index contributed by atoms with van der Waals surface area (Å²) in [5.41, 5.74) is 2.31. The van der Waals surface area contributed by atoms with Crippen LogP contribution in [0.15, 0.2) is 36.4 Å². The molecule has 0 saturated carbocycles. The highest BCUT2D eigenvalue weighted by Gasteiger charge is 2.10. The van der Waals surface area contributed by atoms with Crippen LogP contribution >= 0.6 is 35.4 Å². The number of hydrogen-bond donors (Lipinski definition) is 2. The fourth-order valence-electron chi connectivity index (χ4n) is 1.88. The van der Waals surface area contributed by atoms with Gasteiger partial charge in [0.05, 0.1) is 0 Å². The lowest BCUT2D eigenvalue weighted by atomic mass is 10.0. The van der Waals surface area contributed by atoms with Crippen molar-refractivity contribution in [3.05, 3.63) is 57.8 Å². The minimum atomic E-state index is -0.410. The second-order valence-electron chi connectivity index (χ2n) is 5.19. The Balaban J connectivity index is 2.00. The maximum Gasteiger partial charge on any atom is 0.257 e. The molecule has 0 radical (unpaired) electrons. The van der Waals surface area contributed by atoms with Crippen LogP contribution in [-0.4, -0.2) is 16.0 Å². The minimum Gasteiger partial charge on any atom is -0.332 e. The Morgan fingerprint density at radius 2 is 1.70 bits per heavy atom. The van der Waals surface area contributed by atoms with Crippen molar-refractivity contribution in [3.8, 4) is 0 Å². The van der Waals surface area contributed by atoms with Gasteiger partial charge in [0.1, 0.15) is 10.3 Å². The number of nitrogens with one attached hydrogen (secondary N) is 2. The van der Waals surface area contributed by atoms with Crippen molar-refractivity contribution in [3.63, 3.8) is 0 Å². The first-order chi connectivity index (χ1) is 10.8. The van der Waals surface area contributed by atoms with Crippen molar-refractivity contribution in [1.82, 2.24) is 10.3 Å². The van der Waals surface area contributed by atoms with Crippen LogP contribution in [0.25, 0.3) is 0 Å². The summed E-state index contributed by atoms with van der Waals surface area (Å²) in [6.07, 6.45) is 0. The average molecular weight is 368 g/mol. The normalized spacial score (nSPS) is 10.5. The molecule has 4 nitrogen and oxygen atoms in total. The van der Waals surface area contributed by atoms with E-state index in [0.29, 0.717) is 5.92 Å². The zero-order valence-electron chi connectivity index (χ0n) is 12.6. The Morgan fingerprint density at radius 3 is 2.22 bits per heavy atom. The quantitative estimate of drug-likeness (QED) is 0.612. The summed E-state index contributed by atoms with van der Waals surface area (Å²) in [6, 6.07) is 10.7. The number of anilines is 1. The summed E-state index contributed by atoms with van der Waals surface area (Å²) in [7, 11) is 0. The third kappa shape index (κ3) is 5.16. The lowest BCUT2D eigenvalue weighted by molar-refractivity contribution is 0.0977. The number of halogens is 2. The molecule has 0 aliphatic rings. The highest BCUT2D eigenvalue weighted by molar-refractivity contribution is 7.80. The van der Waals surface area contributed by atoms with Crippen molar-refractivity contribution >= 4 is 52.1 Å². The number of rotatable bonds is 3. The number of thiocarbonyl (C=S) groups is 1. The fraction of sp³-hybridized carbons (Fsp3) is 0.188. The summed E-state index contributed by atoms with van der Waals surface area (Å²) in [6.45, 7) is 4.25. The molecule has 1 aromatic heterocycles. The smallest absolute Gasteiger partial charge is 0.257 e. The summed E-state index contributed by atoms with van der Waals surface area (Å²) < 4.78 is 0. The molecule has 0 fully saturated rings. The van der Waals surface area contributed by atoms with Gasteiger partial charge in [-0.3, -0.25) is 10.1 Å². The molecule has 1 heterocycles. The van der Waals surface area contributed by atoms with Gasteiger partial charge in [-0.15, -0.1) is 0 Å². The molecular formula is C16H15Cl2N3OS. The van der Waals surface area contributed by atoms with Gasteiger partial charge in [-0.2, -0.15) is 0 Å². The molecule has 23 heavy (non-hydrogen) atoms. The topological polar surface area (TPSA) is 54.0 Å². The molecule has 2 rings (SSSR count). The number of benzene rings is 1. The third-order valence-corrected chi connectivity index (χ3v) is 3.68. The maximum absolute atomic E-state index is 12.1. The van der Waals surface area contributed by atoms with E-state index < -0.39 is 5.91 Å². The highest BCUT2D eigenvalue weighted by atomic mass is 35.5. The summed E-state index contributed by atoms with van der Waals surface area (Å²) >= 11 is 16.7. The van der Waals surface area contributed by atoms with Crippen molar-refractivity contribution in [2.45, 2.75) is 19.8 Å². The second-order valence-corrected chi connectivity index (χ2v) is 6.37. The monoisotopic (exact) mass is 367 g/mol. The van der Waals surface area contributed by atoms with Gasteiger partial charge in [0.15, 0.2) is 5.11 Å². The maximum atomic E-state index is 12.1. The third-order valence-electron chi connectivity index (χ3n) is 3.09. The van der Waals surface area contributed by atoms with Gasteiger partial charge in [0, 0.05) is 11.3 Å². The Kier molecular flexibility index (Phi) is 5.93. The molecule has 2 aromatic rings. The first kappa shape index (κ1) is 17.7. The van der Waals surface area contributed by atoms with Crippen molar-refractivity contribution in [2.75, 3.05) is 5.32 Å². The van der Waals surface area contributed by atoms with Crippen LogP contribution in [0.2, 0.25) is 10.3 Å². The first-order valence-electron chi connectivity index (χ1n) is 6.90. The van der Waals surface area contributed by atoms with Crippen LogP contribution in [0.5, 0.6) is 0 Å². The molecule has 0 aliphatic carbocycles. The highest BCUT2D eigenvalue weighted by Crippen LogP contribution is 2.17. The molecule has 0 unspecified atom stereocenters. The first-order valence-corrected chi connectivity index (χ1v) is 8.07. The Hall–Kier alpha value is -1.69. The zero-order valence-corrected chi connectivity index (χ0v) is 14.9. The number of pyridine rings is 1. The predicted octanol–water partition coefficient (Wildman–Crippen LogP) is 4.64. The van der Waals surface area contributed by atoms with Gasteiger partial charge in [0.25, 0.3) is 5.91 Å². The van der Waals surface area contributed by atoms with Gasteiger partial charge in [-0.1, -0.05) is 49.2 Å². The number of carbonyl (C=O) groups is 1. The molecule has 1 aromatic carbocycles. The number of nitrogens with zero attached hydrogens (tertiary/aromatic N) is 1.